The number of carbonyl (C=O) groups excluding carboxylic acids is 1. The van der Waals surface area contributed by atoms with Gasteiger partial charge >= 0.3 is 5.97 Å². The molecule has 33 heavy (non-hydrogen) atoms. The molecule has 0 radical (unpaired) electrons. The number of rotatable bonds is 9. The third-order valence-electron chi connectivity index (χ3n) is 5.55. The average Bonchev–Trinajstić information content (AvgIpc) is 3.31. The molecule has 1 aliphatic carbocycles. The van der Waals surface area contributed by atoms with Crippen molar-refractivity contribution < 1.29 is 24.2 Å². The molecule has 3 rings (SSSR count). The number of nitrogens with zero attached hydrogens (tertiary/aromatic N) is 1. The number of carboxylic acid groups (broad SMARTS) is 1. The van der Waals surface area contributed by atoms with Gasteiger partial charge in [0.1, 0.15) is 17.5 Å². The molecule has 0 bridgehead atoms. The maximum atomic E-state index is 12.5. The zero-order valence-electron chi connectivity index (χ0n) is 18.6. The van der Waals surface area contributed by atoms with Crippen LogP contribution < -0.4 is 26.3 Å². The number of carbonyl (C=O) groups is 2. The Morgan fingerprint density at radius 2 is 1.82 bits per heavy atom. The fourth-order valence-corrected chi connectivity index (χ4v) is 3.72. The molecule has 0 aromatic heterocycles. The molecule has 1 amide bonds. The van der Waals surface area contributed by atoms with E-state index in [1.165, 1.54) is 0 Å². The molecule has 2 aromatic carbocycles. The number of aliphatic imine (C=N–C) groups is 1. The molecule has 1 saturated carbocycles. The topological polar surface area (TPSA) is 149 Å². The molecule has 0 unspecified atom stereocenters. The zero-order valence-corrected chi connectivity index (χ0v) is 18.6. The Morgan fingerprint density at radius 1 is 1.15 bits per heavy atom. The summed E-state index contributed by atoms with van der Waals surface area (Å²) in [7, 11) is 1.59. The number of nitrogens with one attached hydrogen (secondary N) is 1. The van der Waals surface area contributed by atoms with E-state index in [0.717, 1.165) is 37.0 Å². The molecule has 1 aliphatic rings. The number of guanidine groups is 1. The Kier molecular flexibility index (Phi) is 8.26. The number of nitrogens with two attached hydrogens (primary N) is 2. The van der Waals surface area contributed by atoms with Crippen molar-refractivity contribution in [3.8, 4) is 11.5 Å². The van der Waals surface area contributed by atoms with E-state index in [0.29, 0.717) is 16.9 Å². The molecule has 6 N–H and O–H groups in total. The Balaban J connectivity index is 1.64. The SMILES string of the molecule is COc1cccc(OC2CCCC2)c1CN/C(N)=N/C(=O)c1ccc(C[C@H](N)C(=O)O)cc1. The van der Waals surface area contributed by atoms with Gasteiger partial charge in [0.25, 0.3) is 5.91 Å². The van der Waals surface area contributed by atoms with Crippen LogP contribution in [-0.2, 0) is 17.8 Å². The molecule has 0 aliphatic heterocycles. The van der Waals surface area contributed by atoms with Crippen LogP contribution in [0.2, 0.25) is 0 Å². The largest absolute Gasteiger partial charge is 0.496 e. The molecule has 9 nitrogen and oxygen atoms in total. The quantitative estimate of drug-likeness (QED) is 0.333. The minimum absolute atomic E-state index is 0.0327. The van der Waals surface area contributed by atoms with E-state index in [9.17, 15) is 9.59 Å². The van der Waals surface area contributed by atoms with Gasteiger partial charge in [0.15, 0.2) is 5.96 Å². The first-order valence-corrected chi connectivity index (χ1v) is 10.9. The Bertz CT molecular complexity index is 1000. The minimum atomic E-state index is -1.08. The third-order valence-corrected chi connectivity index (χ3v) is 5.55. The highest BCUT2D eigenvalue weighted by atomic mass is 16.5. The Morgan fingerprint density at radius 3 is 2.45 bits per heavy atom. The first-order valence-electron chi connectivity index (χ1n) is 10.9. The van der Waals surface area contributed by atoms with E-state index >= 15 is 0 Å². The molecular weight excluding hydrogens is 424 g/mol. The number of ether oxygens (including phenoxy) is 2. The van der Waals surface area contributed by atoms with E-state index in [1.807, 2.05) is 18.2 Å². The fourth-order valence-electron chi connectivity index (χ4n) is 3.72. The summed E-state index contributed by atoms with van der Waals surface area (Å²) < 4.78 is 11.6. The van der Waals surface area contributed by atoms with Crippen LogP contribution in [0, 0.1) is 0 Å². The Labute approximate surface area is 192 Å². The van der Waals surface area contributed by atoms with Gasteiger partial charge in [-0.3, -0.25) is 9.59 Å². The predicted octanol–water partition coefficient (Wildman–Crippen LogP) is 2.22. The van der Waals surface area contributed by atoms with Gasteiger partial charge in [-0.25, -0.2) is 0 Å². The van der Waals surface area contributed by atoms with Crippen LogP contribution in [0.3, 0.4) is 0 Å². The fraction of sp³-hybridized carbons (Fsp3) is 0.375. The summed E-state index contributed by atoms with van der Waals surface area (Å²) in [4.78, 5) is 27.2. The number of aliphatic carboxylic acids is 1. The van der Waals surface area contributed by atoms with Crippen LogP contribution in [0.1, 0.15) is 47.2 Å². The van der Waals surface area contributed by atoms with E-state index in [-0.39, 0.29) is 25.0 Å². The predicted molar refractivity (Wildman–Crippen MR) is 124 cm³/mol. The van der Waals surface area contributed by atoms with Gasteiger partial charge in [-0.15, -0.1) is 0 Å². The molecule has 176 valence electrons. The summed E-state index contributed by atoms with van der Waals surface area (Å²) in [6.07, 6.45) is 4.75. The molecule has 0 heterocycles. The second-order valence-corrected chi connectivity index (χ2v) is 7.96. The van der Waals surface area contributed by atoms with E-state index in [2.05, 4.69) is 10.3 Å². The van der Waals surface area contributed by atoms with Crippen LogP contribution in [0.25, 0.3) is 0 Å². The van der Waals surface area contributed by atoms with Crippen LogP contribution in [0.15, 0.2) is 47.5 Å². The molecule has 1 atom stereocenters. The highest BCUT2D eigenvalue weighted by Crippen LogP contribution is 2.32. The number of amides is 1. The van der Waals surface area contributed by atoms with Crippen LogP contribution in [0.5, 0.6) is 11.5 Å². The molecule has 0 saturated heterocycles. The van der Waals surface area contributed by atoms with Crippen LogP contribution in [-0.4, -0.2) is 42.2 Å². The number of methoxy groups -OCH3 is 1. The van der Waals surface area contributed by atoms with Crippen molar-refractivity contribution in [2.45, 2.75) is 50.8 Å². The summed E-state index contributed by atoms with van der Waals surface area (Å²) in [5, 5.41) is 11.9. The number of benzene rings is 2. The maximum Gasteiger partial charge on any atom is 0.320 e. The summed E-state index contributed by atoms with van der Waals surface area (Å²) >= 11 is 0. The lowest BCUT2D eigenvalue weighted by Crippen LogP contribution is -2.32. The minimum Gasteiger partial charge on any atom is -0.496 e. The first-order chi connectivity index (χ1) is 15.9. The second kappa shape index (κ2) is 11.3. The van der Waals surface area contributed by atoms with Crippen molar-refractivity contribution in [2.24, 2.45) is 16.5 Å². The maximum absolute atomic E-state index is 12.5. The third kappa shape index (κ3) is 6.69. The van der Waals surface area contributed by atoms with Gasteiger partial charge in [-0.1, -0.05) is 18.2 Å². The van der Waals surface area contributed by atoms with Gasteiger partial charge in [-0.2, -0.15) is 4.99 Å². The monoisotopic (exact) mass is 454 g/mol. The van der Waals surface area contributed by atoms with Gasteiger partial charge in [0.05, 0.1) is 25.3 Å². The highest BCUT2D eigenvalue weighted by Gasteiger charge is 2.20. The smallest absolute Gasteiger partial charge is 0.320 e. The lowest BCUT2D eigenvalue weighted by molar-refractivity contribution is -0.138. The van der Waals surface area contributed by atoms with Crippen molar-refractivity contribution >= 4 is 17.8 Å². The molecular formula is C24H30N4O5. The van der Waals surface area contributed by atoms with Crippen molar-refractivity contribution in [3.05, 3.63) is 59.2 Å². The van der Waals surface area contributed by atoms with Crippen molar-refractivity contribution in [1.29, 1.82) is 0 Å². The Hall–Kier alpha value is -3.59. The van der Waals surface area contributed by atoms with Crippen molar-refractivity contribution in [3.63, 3.8) is 0 Å². The number of hydrogen-bond acceptors (Lipinski definition) is 5. The average molecular weight is 455 g/mol. The highest BCUT2D eigenvalue weighted by molar-refractivity contribution is 6.02. The molecule has 1 fully saturated rings. The van der Waals surface area contributed by atoms with Gasteiger partial charge in [-0.05, 0) is 61.9 Å². The molecule has 0 spiro atoms. The molecule has 9 heteroatoms. The zero-order chi connectivity index (χ0) is 23.8. The standard InChI is InChI=1S/C24H30N4O5/c1-32-20-7-4-8-21(33-17-5-2-3-6-17)18(20)14-27-24(26)28-22(29)16-11-9-15(10-12-16)13-19(25)23(30)31/h4,7-12,17,19H,2-3,5-6,13-14,25H2,1H3,(H,30,31)(H3,26,27,28,29)/t19-/m0/s1. The van der Waals surface area contributed by atoms with E-state index in [4.69, 9.17) is 26.0 Å². The molecule has 2 aromatic rings. The lowest BCUT2D eigenvalue weighted by atomic mass is 10.0. The summed E-state index contributed by atoms with van der Waals surface area (Å²) in [5.74, 6) is -0.244. The number of carboxylic acids is 1. The number of hydrogen-bond donors (Lipinski definition) is 4. The van der Waals surface area contributed by atoms with Crippen molar-refractivity contribution in [2.75, 3.05) is 7.11 Å². The summed E-state index contributed by atoms with van der Waals surface area (Å²) in [6.45, 7) is 0.278. The van der Waals surface area contributed by atoms with Crippen molar-refractivity contribution in [1.82, 2.24) is 5.32 Å². The lowest BCUT2D eigenvalue weighted by Gasteiger charge is -2.19. The summed E-state index contributed by atoms with van der Waals surface area (Å²) in [6, 6.07) is 11.0. The van der Waals surface area contributed by atoms with Gasteiger partial charge in [0.2, 0.25) is 0 Å². The van der Waals surface area contributed by atoms with E-state index < -0.39 is 17.9 Å². The van der Waals surface area contributed by atoms with Crippen LogP contribution in [0.4, 0.5) is 0 Å². The summed E-state index contributed by atoms with van der Waals surface area (Å²) in [5.41, 5.74) is 13.3. The van der Waals surface area contributed by atoms with Crippen LogP contribution >= 0.6 is 0 Å². The second-order valence-electron chi connectivity index (χ2n) is 7.96. The van der Waals surface area contributed by atoms with Gasteiger partial charge < -0.3 is 31.4 Å². The first kappa shape index (κ1) is 24.1. The van der Waals surface area contributed by atoms with E-state index in [1.54, 1.807) is 31.4 Å². The van der Waals surface area contributed by atoms with Gasteiger partial charge in [0, 0.05) is 5.56 Å². The normalized spacial score (nSPS) is 15.2.